The molecule has 3 unspecified atom stereocenters. The normalized spacial score (nSPS) is 16.2. The molecule has 0 aromatic heterocycles. The molecule has 7 nitrogen and oxygen atoms in total. The van der Waals surface area contributed by atoms with Crippen LogP contribution in [0.1, 0.15) is 111 Å². The van der Waals surface area contributed by atoms with E-state index in [0.717, 1.165) is 32.1 Å². The van der Waals surface area contributed by atoms with Crippen LogP contribution in [0.4, 0.5) is 0 Å². The Labute approximate surface area is 200 Å². The third-order valence-corrected chi connectivity index (χ3v) is 6.90. The fourth-order valence-electron chi connectivity index (χ4n) is 5.31. The lowest BCUT2D eigenvalue weighted by Crippen LogP contribution is -2.73. The zero-order valence-electron chi connectivity index (χ0n) is 21.3. The number of carboxylic acids is 3. The Hall–Kier alpha value is -1.89. The molecule has 0 aromatic rings. The Morgan fingerprint density at radius 3 is 1.45 bits per heavy atom. The zero-order chi connectivity index (χ0) is 25.3. The number of carbonyl (C=O) groups is 3. The van der Waals surface area contributed by atoms with E-state index < -0.39 is 40.5 Å². The van der Waals surface area contributed by atoms with Gasteiger partial charge < -0.3 is 20.1 Å². The summed E-state index contributed by atoms with van der Waals surface area (Å²) in [6, 6.07) is -3.37. The summed E-state index contributed by atoms with van der Waals surface area (Å²) in [5.74, 6) is -3.66. The largest absolute Gasteiger partial charge is 0.544 e. The fourth-order valence-corrected chi connectivity index (χ4v) is 5.31. The molecular weight excluding hydrogens is 422 g/mol. The quantitative estimate of drug-likeness (QED) is 0.145. The maximum atomic E-state index is 12.2. The first-order valence-electron chi connectivity index (χ1n) is 12.9. The Morgan fingerprint density at radius 1 is 0.727 bits per heavy atom. The molecule has 7 heteroatoms. The van der Waals surface area contributed by atoms with E-state index >= 15 is 0 Å². The second-order valence-corrected chi connectivity index (χ2v) is 9.03. The number of allylic oxidation sites excluding steroid dienone is 2. The summed E-state index contributed by atoms with van der Waals surface area (Å²) < 4.78 is -0.470. The van der Waals surface area contributed by atoms with E-state index in [0.29, 0.717) is 6.42 Å². The molecule has 0 aliphatic heterocycles. The second-order valence-electron chi connectivity index (χ2n) is 9.03. The van der Waals surface area contributed by atoms with Gasteiger partial charge in [-0.05, 0) is 32.6 Å². The highest BCUT2D eigenvalue weighted by molar-refractivity contribution is 5.77. The van der Waals surface area contributed by atoms with E-state index in [9.17, 15) is 29.7 Å². The topological polar surface area (TPSA) is 115 Å². The first-order valence-corrected chi connectivity index (χ1v) is 12.9. The number of rotatable bonds is 21. The summed E-state index contributed by atoms with van der Waals surface area (Å²) in [4.78, 5) is 36.4. The van der Waals surface area contributed by atoms with Crippen LogP contribution in [0.2, 0.25) is 0 Å². The summed E-state index contributed by atoms with van der Waals surface area (Å²) in [5, 5.41) is 31.9. The van der Waals surface area contributed by atoms with Crippen LogP contribution in [0, 0.1) is 0 Å². The van der Waals surface area contributed by atoms with Crippen LogP contribution in [-0.2, 0) is 14.4 Å². The van der Waals surface area contributed by atoms with Crippen LogP contribution in [0.5, 0.6) is 0 Å². The van der Waals surface area contributed by atoms with E-state index in [1.165, 1.54) is 25.7 Å². The van der Waals surface area contributed by atoms with Gasteiger partial charge in [0.1, 0.15) is 6.04 Å². The number of aliphatic carboxylic acids is 3. The lowest BCUT2D eigenvalue weighted by atomic mass is 9.93. The predicted octanol–water partition coefficient (Wildman–Crippen LogP) is 4.54. The van der Waals surface area contributed by atoms with E-state index in [1.54, 1.807) is 20.8 Å². The summed E-state index contributed by atoms with van der Waals surface area (Å²) in [5.41, 5.74) is 0. The molecule has 0 rings (SSSR count). The van der Waals surface area contributed by atoms with Gasteiger partial charge in [-0.1, -0.05) is 71.4 Å². The average Bonchev–Trinajstić information content (AvgIpc) is 2.75. The molecule has 0 aromatic carbocycles. The van der Waals surface area contributed by atoms with Gasteiger partial charge in [-0.3, -0.25) is 4.48 Å². The summed E-state index contributed by atoms with van der Waals surface area (Å²) in [7, 11) is 0. The molecule has 0 heterocycles. The number of nitrogens with zero attached hydrogens (tertiary/aromatic N) is 1. The smallest absolute Gasteiger partial charge is 0.362 e. The van der Waals surface area contributed by atoms with Gasteiger partial charge in [0, 0.05) is 19.3 Å². The molecule has 0 saturated heterocycles. The molecule has 192 valence electrons. The van der Waals surface area contributed by atoms with Crippen molar-refractivity contribution in [3.63, 3.8) is 0 Å². The molecule has 0 amide bonds. The molecule has 0 saturated carbocycles. The van der Waals surface area contributed by atoms with Gasteiger partial charge >= 0.3 is 11.9 Å². The van der Waals surface area contributed by atoms with Crippen LogP contribution in [0.3, 0.4) is 0 Å². The fraction of sp³-hybridized carbons (Fsp3) is 0.808. The minimum absolute atomic E-state index is 0.129. The highest BCUT2D eigenvalue weighted by Gasteiger charge is 2.53. The number of carbonyl (C=O) groups excluding carboxylic acids is 1. The van der Waals surface area contributed by atoms with Gasteiger partial charge in [0.05, 0.1) is 12.5 Å². The monoisotopic (exact) mass is 469 g/mol. The Balaban J connectivity index is 5.17. The SMILES string of the molecule is C/C=C/CCCCCCCCCCC[N+](C(CC)C(=O)[O-])(C(CC)C(=O)O)C(CC)C(=O)O. The minimum atomic E-state index is -1.37. The Bertz CT molecular complexity index is 549. The summed E-state index contributed by atoms with van der Waals surface area (Å²) in [6.07, 6.45) is 15.4. The lowest BCUT2D eigenvalue weighted by molar-refractivity contribution is -0.974. The third-order valence-electron chi connectivity index (χ3n) is 6.90. The third kappa shape index (κ3) is 9.86. The van der Waals surface area contributed by atoms with E-state index in [1.807, 2.05) is 6.92 Å². The molecular formula is C26H47NO6. The van der Waals surface area contributed by atoms with Crippen molar-refractivity contribution in [2.75, 3.05) is 6.54 Å². The molecule has 0 aliphatic carbocycles. The average molecular weight is 470 g/mol. The number of hydrogen-bond acceptors (Lipinski definition) is 4. The number of carboxylic acid groups (broad SMARTS) is 3. The van der Waals surface area contributed by atoms with Gasteiger partial charge in [-0.2, -0.15) is 0 Å². The summed E-state index contributed by atoms with van der Waals surface area (Å²) >= 11 is 0. The van der Waals surface area contributed by atoms with Crippen molar-refractivity contribution < 1.29 is 34.2 Å². The van der Waals surface area contributed by atoms with E-state index in [4.69, 9.17) is 0 Å². The maximum absolute atomic E-state index is 12.2. The van der Waals surface area contributed by atoms with Gasteiger partial charge in [-0.15, -0.1) is 0 Å². The van der Waals surface area contributed by atoms with Crippen molar-refractivity contribution in [3.05, 3.63) is 12.2 Å². The van der Waals surface area contributed by atoms with Crippen LogP contribution >= 0.6 is 0 Å². The maximum Gasteiger partial charge on any atom is 0.362 e. The van der Waals surface area contributed by atoms with Gasteiger partial charge in [0.2, 0.25) is 0 Å². The molecule has 0 bridgehead atoms. The van der Waals surface area contributed by atoms with E-state index in [-0.39, 0.29) is 25.8 Å². The summed E-state index contributed by atoms with van der Waals surface area (Å²) in [6.45, 7) is 7.28. The minimum Gasteiger partial charge on any atom is -0.544 e. The van der Waals surface area contributed by atoms with Gasteiger partial charge in [-0.25, -0.2) is 9.59 Å². The molecule has 33 heavy (non-hydrogen) atoms. The molecule has 0 fully saturated rings. The van der Waals surface area contributed by atoms with Crippen molar-refractivity contribution in [2.45, 2.75) is 129 Å². The van der Waals surface area contributed by atoms with Crippen LogP contribution in [0.15, 0.2) is 12.2 Å². The van der Waals surface area contributed by atoms with E-state index in [2.05, 4.69) is 12.2 Å². The first-order chi connectivity index (χ1) is 15.7. The van der Waals surface area contributed by atoms with Crippen LogP contribution in [-0.4, -0.2) is 57.3 Å². The molecule has 0 radical (unpaired) electrons. The second kappa shape index (κ2) is 17.6. The van der Waals surface area contributed by atoms with Crippen molar-refractivity contribution in [1.82, 2.24) is 0 Å². The Kier molecular flexibility index (Phi) is 16.6. The number of hydrogen-bond donors (Lipinski definition) is 2. The van der Waals surface area contributed by atoms with Gasteiger partial charge in [0.15, 0.2) is 12.1 Å². The molecule has 0 aliphatic rings. The number of unbranched alkanes of at least 4 members (excludes halogenated alkanes) is 9. The van der Waals surface area contributed by atoms with Gasteiger partial charge in [0.25, 0.3) is 0 Å². The predicted molar refractivity (Wildman–Crippen MR) is 129 cm³/mol. The highest BCUT2D eigenvalue weighted by Crippen LogP contribution is 2.32. The molecule has 0 spiro atoms. The number of quaternary nitrogens is 1. The molecule has 2 N–H and O–H groups in total. The van der Waals surface area contributed by atoms with Crippen molar-refractivity contribution in [2.24, 2.45) is 0 Å². The highest BCUT2D eigenvalue weighted by atomic mass is 16.4. The van der Waals surface area contributed by atoms with Crippen molar-refractivity contribution in [3.8, 4) is 0 Å². The standard InChI is InChI=1S/C26H47NO6/c1-5-9-10-11-12-13-14-15-16-17-18-19-20-27(21(6-2)24(28)29,22(7-3)25(30)31)23(8-4)26(32)33/h5,9,21-23H,6-8,10-20H2,1-4H3,(H2-,28,29,30,31,32,33)/b9-5+. The molecule has 3 atom stereocenters. The zero-order valence-corrected chi connectivity index (χ0v) is 21.3. The van der Waals surface area contributed by atoms with Crippen molar-refractivity contribution in [1.29, 1.82) is 0 Å². The van der Waals surface area contributed by atoms with Crippen LogP contribution in [0.25, 0.3) is 0 Å². The Morgan fingerprint density at radius 2 is 1.12 bits per heavy atom. The first kappa shape index (κ1) is 31.1. The lowest BCUT2D eigenvalue weighted by Gasteiger charge is -2.51. The van der Waals surface area contributed by atoms with Crippen LogP contribution < -0.4 is 5.11 Å². The van der Waals surface area contributed by atoms with Crippen molar-refractivity contribution >= 4 is 17.9 Å².